The van der Waals surface area contributed by atoms with E-state index in [4.69, 9.17) is 23.3 Å². The Labute approximate surface area is 167 Å². The molecule has 26 heavy (non-hydrogen) atoms. The van der Waals surface area contributed by atoms with Crippen molar-refractivity contribution in [2.45, 2.75) is 32.7 Å². The molecule has 2 radical (unpaired) electrons. The number of benzene rings is 1. The van der Waals surface area contributed by atoms with Crippen LogP contribution in [0.1, 0.15) is 18.6 Å². The first-order chi connectivity index (χ1) is 11.9. The first-order valence-corrected chi connectivity index (χ1v) is 10.2. The fourth-order valence-corrected chi connectivity index (χ4v) is 2.17. The molecule has 6 nitrogen and oxygen atoms in total. The van der Waals surface area contributed by atoms with Crippen LogP contribution < -0.4 is 0 Å². The maximum absolute atomic E-state index is 11.1. The van der Waals surface area contributed by atoms with Gasteiger partial charge in [0, 0.05) is 38.5 Å². The Hall–Kier alpha value is -1.61. The van der Waals surface area contributed by atoms with Gasteiger partial charge in [-0.1, -0.05) is 50.0 Å². The van der Waals surface area contributed by atoms with Gasteiger partial charge in [-0.2, -0.15) is 0 Å². The maximum atomic E-state index is 11.1. The quantitative estimate of drug-likeness (QED) is 0.318. The number of carbonyl (C=O) groups is 1. The molecular weight excluding hydrogens is 396 g/mol. The van der Waals surface area contributed by atoms with Crippen molar-refractivity contribution in [2.24, 2.45) is 0 Å². The van der Waals surface area contributed by atoms with Gasteiger partial charge in [-0.15, -0.1) is 0 Å². The van der Waals surface area contributed by atoms with E-state index in [-0.39, 0.29) is 29.1 Å². The average Bonchev–Trinajstić information content (AvgIpc) is 2.65. The minimum absolute atomic E-state index is 0. The van der Waals surface area contributed by atoms with Crippen LogP contribution in [-0.2, 0) is 45.2 Å². The van der Waals surface area contributed by atoms with Crippen LogP contribution in [0, 0.1) is 39.1 Å². The van der Waals surface area contributed by atoms with Crippen molar-refractivity contribution in [2.75, 3.05) is 0 Å². The summed E-state index contributed by atoms with van der Waals surface area (Å²) in [5.74, 6) is -0.251. The van der Waals surface area contributed by atoms with E-state index in [1.165, 1.54) is 6.92 Å². The van der Waals surface area contributed by atoms with Gasteiger partial charge in [-0.05, 0) is 11.6 Å². The van der Waals surface area contributed by atoms with Crippen molar-refractivity contribution in [3.05, 3.63) is 75.0 Å². The van der Waals surface area contributed by atoms with E-state index in [0.717, 1.165) is 5.56 Å². The van der Waals surface area contributed by atoms with Crippen molar-refractivity contribution >= 4 is 14.0 Å². The Morgan fingerprint density at radius 3 is 1.65 bits per heavy atom. The van der Waals surface area contributed by atoms with Crippen LogP contribution in [0.3, 0.4) is 0 Å². The summed E-state index contributed by atoms with van der Waals surface area (Å²) in [5.41, 5.74) is 1.01. The second-order valence-corrected chi connectivity index (χ2v) is 10.2. The van der Waals surface area contributed by atoms with Gasteiger partial charge in [0.2, 0.25) is 0 Å². The van der Waals surface area contributed by atoms with Crippen molar-refractivity contribution in [1.29, 1.82) is 0 Å². The van der Waals surface area contributed by atoms with Crippen molar-refractivity contribution in [3.63, 3.8) is 0 Å². The van der Waals surface area contributed by atoms with Crippen molar-refractivity contribution in [1.82, 2.24) is 0 Å². The largest absolute Gasteiger partial charge is 0 e. The van der Waals surface area contributed by atoms with Crippen molar-refractivity contribution in [3.8, 4) is 0 Å². The van der Waals surface area contributed by atoms with Crippen LogP contribution in [0.15, 0.2) is 30.3 Å². The minimum atomic E-state index is -1.28. The topological polar surface area (TPSA) is 106 Å². The molecule has 8 heteroatoms. The molecule has 0 spiro atoms. The predicted molar refractivity (Wildman–Crippen MR) is 88.6 cm³/mol. The summed E-state index contributed by atoms with van der Waals surface area (Å²) < 4.78 is 35.3. The summed E-state index contributed by atoms with van der Waals surface area (Å²) in [7, 11) is -1.28. The zero-order valence-corrected chi connectivity index (χ0v) is 17.0. The van der Waals surface area contributed by atoms with E-state index in [1.807, 2.05) is 36.8 Å². The monoisotopic (exact) mass is 416 g/mol. The maximum Gasteiger partial charge on any atom is 0 e. The van der Waals surface area contributed by atoms with Gasteiger partial charge in [0.05, 0.1) is 0 Å². The van der Waals surface area contributed by atoms with Crippen molar-refractivity contribution < 1.29 is 45.2 Å². The fourth-order valence-electron chi connectivity index (χ4n) is 1.42. The summed E-state index contributed by atoms with van der Waals surface area (Å²) in [6.45, 7) is 26.2. The molecule has 0 N–H and O–H groups in total. The summed E-state index contributed by atoms with van der Waals surface area (Å²) >= 11 is 0. The average molecular weight is 416 g/mol. The summed E-state index contributed by atoms with van der Waals surface area (Å²) in [6, 6.07) is 12.0. The third kappa shape index (κ3) is 24.6. The molecule has 140 valence electrons. The molecule has 0 saturated carbocycles. The molecule has 1 aromatic carbocycles. The predicted octanol–water partition coefficient (Wildman–Crippen LogP) is 3.42. The molecule has 1 unspecified atom stereocenters. The van der Waals surface area contributed by atoms with Crippen LogP contribution in [0.2, 0.25) is 19.6 Å². The van der Waals surface area contributed by atoms with Gasteiger partial charge in [0.25, 0.3) is 0 Å². The first kappa shape index (κ1) is 35.5. The van der Waals surface area contributed by atoms with Gasteiger partial charge >= 0.3 is 51.2 Å². The fraction of sp³-hybridized carbons (Fsp3) is 0.278. The van der Waals surface area contributed by atoms with E-state index in [9.17, 15) is 4.79 Å². The van der Waals surface area contributed by atoms with Crippen LogP contribution in [0.5, 0.6) is 0 Å². The van der Waals surface area contributed by atoms with Gasteiger partial charge in [-0.3, -0.25) is 4.79 Å². The molecule has 0 bridgehead atoms. The standard InChI is InChI=1S/C14H20O2Si.4CO.Fe/c1-12(15)16-14(10-11-17(2,3)4)13-8-6-5-7-9-13;4*1-2;/h5-11,14H,1-4H3;;;;;. The van der Waals surface area contributed by atoms with E-state index in [2.05, 4.69) is 52.3 Å². The second kappa shape index (κ2) is 25.6. The third-order valence-corrected chi connectivity index (χ3v) is 3.38. The Morgan fingerprint density at radius 1 is 0.962 bits per heavy atom. The molecule has 0 amide bonds. The van der Waals surface area contributed by atoms with Gasteiger partial charge in [0.1, 0.15) is 6.10 Å². The van der Waals surface area contributed by atoms with Crippen LogP contribution >= 0.6 is 0 Å². The van der Waals surface area contributed by atoms with Crippen LogP contribution in [-0.4, -0.2) is 14.0 Å². The number of ether oxygens (including phenoxy) is 1. The van der Waals surface area contributed by atoms with E-state index in [1.54, 1.807) is 0 Å². The first-order valence-electron chi connectivity index (χ1n) is 6.62. The molecule has 1 rings (SSSR count). The number of rotatable bonds is 5. The molecule has 0 fully saturated rings. The molecule has 1 atom stereocenters. The Bertz CT molecular complexity index is 493. The molecular formula is C18H20FeO6Si. The van der Waals surface area contributed by atoms with E-state index >= 15 is 0 Å². The molecule has 0 saturated heterocycles. The van der Waals surface area contributed by atoms with E-state index in [0.29, 0.717) is 0 Å². The molecule has 0 aromatic heterocycles. The van der Waals surface area contributed by atoms with Gasteiger partial charge in [-0.25, -0.2) is 0 Å². The SMILES string of the molecule is CC(=O)OC([CH][CH][Si](C)(C)C)c1ccccc1.[C-]#[O+].[C-]#[O+].[C-]#[O+].[C-]#[O+].[Fe]. The molecule has 0 heterocycles. The van der Waals surface area contributed by atoms with Crippen LogP contribution in [0.25, 0.3) is 0 Å². The smallest absolute Gasteiger partial charge is 0 e. The number of esters is 1. The van der Waals surface area contributed by atoms with Gasteiger partial charge < -0.3 is 4.74 Å². The Kier molecular flexibility index (Phi) is 35.0. The minimum Gasteiger partial charge on any atom is 0 e. The summed E-state index contributed by atoms with van der Waals surface area (Å²) in [4.78, 5) is 11.1. The number of carbonyl (C=O) groups excluding carboxylic acids is 1. The van der Waals surface area contributed by atoms with Gasteiger partial charge in [0.15, 0.2) is 0 Å². The number of hydrogen-bond donors (Lipinski definition) is 0. The van der Waals surface area contributed by atoms with E-state index < -0.39 is 8.07 Å². The molecule has 0 aliphatic heterocycles. The third-order valence-electron chi connectivity index (χ3n) is 2.19. The molecule has 1 aromatic rings. The normalized spacial score (nSPS) is 8.92. The van der Waals surface area contributed by atoms with Crippen LogP contribution in [0.4, 0.5) is 0 Å². The Morgan fingerprint density at radius 2 is 1.35 bits per heavy atom. The zero-order chi connectivity index (χ0) is 20.9. The molecule has 0 aliphatic rings. The summed E-state index contributed by atoms with van der Waals surface area (Å²) in [6.07, 6.45) is 1.74. The zero-order valence-electron chi connectivity index (χ0n) is 14.9. The molecule has 0 aliphatic carbocycles. The summed E-state index contributed by atoms with van der Waals surface area (Å²) in [5, 5.41) is 0. The number of hydrogen-bond acceptors (Lipinski definition) is 2. The Balaban J connectivity index is -0.000000144. The second-order valence-electron chi connectivity index (χ2n) is 5.17.